The van der Waals surface area contributed by atoms with E-state index in [0.717, 1.165) is 21.3 Å². The van der Waals surface area contributed by atoms with Gasteiger partial charge in [-0.05, 0) is 44.0 Å². The Labute approximate surface area is 124 Å². The minimum Gasteiger partial charge on any atom is -0.334 e. The first-order valence-electron chi connectivity index (χ1n) is 5.94. The van der Waals surface area contributed by atoms with Crippen LogP contribution in [-0.2, 0) is 10.8 Å². The van der Waals surface area contributed by atoms with Crippen molar-refractivity contribution in [2.75, 3.05) is 17.3 Å². The van der Waals surface area contributed by atoms with Crippen molar-refractivity contribution >= 4 is 38.4 Å². The summed E-state index contributed by atoms with van der Waals surface area (Å²) in [6, 6.07) is 3.40. The Hall–Kier alpha value is -0.880. The van der Waals surface area contributed by atoms with E-state index in [0.29, 0.717) is 5.75 Å². The lowest BCUT2D eigenvalue weighted by Crippen LogP contribution is -2.39. The van der Waals surface area contributed by atoms with Gasteiger partial charge in [-0.2, -0.15) is 0 Å². The lowest BCUT2D eigenvalue weighted by molar-refractivity contribution is 0.250. The Balaban J connectivity index is 2.65. The van der Waals surface area contributed by atoms with Crippen LogP contribution in [0, 0.1) is 13.8 Å². The smallest absolute Gasteiger partial charge is 0.319 e. The molecule has 1 aromatic rings. The minimum atomic E-state index is -0.918. The Kier molecular flexibility index (Phi) is 6.00. The molecule has 2 N–H and O–H groups in total. The molecule has 0 aromatic heterocycles. The van der Waals surface area contributed by atoms with E-state index in [1.807, 2.05) is 32.9 Å². The largest absolute Gasteiger partial charge is 0.334 e. The fourth-order valence-corrected chi connectivity index (χ4v) is 2.82. The number of amides is 2. The highest BCUT2D eigenvalue weighted by molar-refractivity contribution is 9.10. The molecule has 2 amide bonds. The molecule has 1 rings (SSSR count). The van der Waals surface area contributed by atoms with Crippen molar-refractivity contribution in [2.24, 2.45) is 0 Å². The van der Waals surface area contributed by atoms with Crippen molar-refractivity contribution in [3.8, 4) is 0 Å². The topological polar surface area (TPSA) is 58.2 Å². The first-order chi connectivity index (χ1) is 8.79. The van der Waals surface area contributed by atoms with E-state index >= 15 is 0 Å². The van der Waals surface area contributed by atoms with Crippen molar-refractivity contribution < 1.29 is 9.00 Å². The number of benzene rings is 1. The SMILES string of the molecule is Cc1cc(NC(=O)N[C@@H](C)C[S@](C)=O)cc(C)c1Br. The van der Waals surface area contributed by atoms with Gasteiger partial charge >= 0.3 is 6.03 Å². The molecule has 0 unspecified atom stereocenters. The number of aryl methyl sites for hydroxylation is 2. The second kappa shape index (κ2) is 7.05. The summed E-state index contributed by atoms with van der Waals surface area (Å²) in [4.78, 5) is 11.8. The molecule has 2 atom stereocenters. The third-order valence-electron chi connectivity index (χ3n) is 2.56. The second-order valence-corrected chi connectivity index (χ2v) is 6.94. The zero-order valence-corrected chi connectivity index (χ0v) is 13.9. The van der Waals surface area contributed by atoms with Gasteiger partial charge in [-0.1, -0.05) is 15.9 Å². The Morgan fingerprint density at radius 2 is 1.89 bits per heavy atom. The van der Waals surface area contributed by atoms with E-state index in [9.17, 15) is 9.00 Å². The number of anilines is 1. The molecule has 0 radical (unpaired) electrons. The summed E-state index contributed by atoms with van der Waals surface area (Å²) in [5.74, 6) is 0.450. The van der Waals surface area contributed by atoms with Gasteiger partial charge in [-0.25, -0.2) is 4.79 Å². The van der Waals surface area contributed by atoms with Gasteiger partial charge in [0.25, 0.3) is 0 Å². The van der Waals surface area contributed by atoms with Crippen LogP contribution in [0.1, 0.15) is 18.1 Å². The molecular weight excluding hydrogens is 328 g/mol. The fraction of sp³-hybridized carbons (Fsp3) is 0.462. The quantitative estimate of drug-likeness (QED) is 0.880. The summed E-state index contributed by atoms with van der Waals surface area (Å²) in [7, 11) is -0.918. The standard InChI is InChI=1S/C13H19BrN2O2S/c1-8-5-11(6-9(2)12(8)14)16-13(17)15-10(3)7-19(4)18/h5-6,10H,7H2,1-4H3,(H2,15,16,17)/t10-,19-/m0/s1. The second-order valence-electron chi connectivity index (χ2n) is 4.66. The van der Waals surface area contributed by atoms with Gasteiger partial charge < -0.3 is 10.6 Å². The summed E-state index contributed by atoms with van der Waals surface area (Å²) in [5, 5.41) is 5.54. The van der Waals surface area contributed by atoms with E-state index in [2.05, 4.69) is 26.6 Å². The van der Waals surface area contributed by atoms with Crippen molar-refractivity contribution in [3.63, 3.8) is 0 Å². The molecule has 0 spiro atoms. The van der Waals surface area contributed by atoms with Gasteiger partial charge in [0.2, 0.25) is 0 Å². The number of hydrogen-bond acceptors (Lipinski definition) is 2. The van der Waals surface area contributed by atoms with Crippen molar-refractivity contribution in [1.29, 1.82) is 0 Å². The molecule has 19 heavy (non-hydrogen) atoms. The average molecular weight is 347 g/mol. The number of carbonyl (C=O) groups is 1. The molecule has 106 valence electrons. The van der Waals surface area contributed by atoms with Gasteiger partial charge in [0.05, 0.1) is 0 Å². The van der Waals surface area contributed by atoms with Crippen LogP contribution in [-0.4, -0.2) is 28.3 Å². The summed E-state index contributed by atoms with van der Waals surface area (Å²) >= 11 is 3.48. The molecule has 0 aliphatic heterocycles. The molecular formula is C13H19BrN2O2S. The molecule has 0 bridgehead atoms. The van der Waals surface area contributed by atoms with Crippen molar-refractivity contribution in [3.05, 3.63) is 27.7 Å². The number of hydrogen-bond donors (Lipinski definition) is 2. The molecule has 0 aliphatic rings. The summed E-state index contributed by atoms with van der Waals surface area (Å²) in [6.45, 7) is 5.78. The van der Waals surface area contributed by atoms with Crippen LogP contribution in [0.4, 0.5) is 10.5 Å². The molecule has 0 aliphatic carbocycles. The number of halogens is 1. The normalized spacial score (nSPS) is 13.7. The maximum Gasteiger partial charge on any atom is 0.319 e. The predicted molar refractivity (Wildman–Crippen MR) is 84.2 cm³/mol. The molecule has 0 saturated heterocycles. The first kappa shape index (κ1) is 16.2. The van der Waals surface area contributed by atoms with E-state index in [4.69, 9.17) is 0 Å². The summed E-state index contributed by atoms with van der Waals surface area (Å²) < 4.78 is 12.1. The van der Waals surface area contributed by atoms with Crippen molar-refractivity contribution in [1.82, 2.24) is 5.32 Å². The monoisotopic (exact) mass is 346 g/mol. The van der Waals surface area contributed by atoms with Crippen LogP contribution in [0.25, 0.3) is 0 Å². The van der Waals surface area contributed by atoms with Crippen LogP contribution in [0.5, 0.6) is 0 Å². The molecule has 1 aromatic carbocycles. The third-order valence-corrected chi connectivity index (χ3v) is 4.78. The van der Waals surface area contributed by atoms with Crippen LogP contribution < -0.4 is 10.6 Å². The number of urea groups is 1. The lowest BCUT2D eigenvalue weighted by Gasteiger charge is -2.14. The summed E-state index contributed by atoms with van der Waals surface area (Å²) in [6.07, 6.45) is 1.62. The number of nitrogens with one attached hydrogen (secondary N) is 2. The summed E-state index contributed by atoms with van der Waals surface area (Å²) in [5.41, 5.74) is 2.89. The highest BCUT2D eigenvalue weighted by atomic mass is 79.9. The Morgan fingerprint density at radius 1 is 1.37 bits per heavy atom. The Morgan fingerprint density at radius 3 is 2.37 bits per heavy atom. The highest BCUT2D eigenvalue weighted by Gasteiger charge is 2.10. The van der Waals surface area contributed by atoms with Gasteiger partial charge in [0.15, 0.2) is 0 Å². The molecule has 0 heterocycles. The van der Waals surface area contributed by atoms with E-state index < -0.39 is 10.8 Å². The van der Waals surface area contributed by atoms with Crippen LogP contribution in [0.3, 0.4) is 0 Å². The molecule has 0 fully saturated rings. The highest BCUT2D eigenvalue weighted by Crippen LogP contribution is 2.24. The van der Waals surface area contributed by atoms with Crippen molar-refractivity contribution in [2.45, 2.75) is 26.8 Å². The molecule has 0 saturated carbocycles. The van der Waals surface area contributed by atoms with Crippen LogP contribution in [0.15, 0.2) is 16.6 Å². The van der Waals surface area contributed by atoms with Gasteiger partial charge in [-0.3, -0.25) is 4.21 Å². The predicted octanol–water partition coefficient (Wildman–Crippen LogP) is 2.95. The maximum atomic E-state index is 11.8. The van der Waals surface area contributed by atoms with E-state index in [1.54, 1.807) is 6.26 Å². The molecule has 4 nitrogen and oxygen atoms in total. The lowest BCUT2D eigenvalue weighted by atomic mass is 10.1. The van der Waals surface area contributed by atoms with E-state index in [1.165, 1.54) is 0 Å². The minimum absolute atomic E-state index is 0.122. The van der Waals surface area contributed by atoms with E-state index in [-0.39, 0.29) is 12.1 Å². The zero-order chi connectivity index (χ0) is 14.6. The van der Waals surface area contributed by atoms with Crippen LogP contribution in [0.2, 0.25) is 0 Å². The number of rotatable bonds is 4. The van der Waals surface area contributed by atoms with Crippen LogP contribution >= 0.6 is 15.9 Å². The Bertz CT molecular complexity index is 482. The van der Waals surface area contributed by atoms with Gasteiger partial charge in [0, 0.05) is 39.0 Å². The zero-order valence-electron chi connectivity index (χ0n) is 11.5. The van der Waals surface area contributed by atoms with Gasteiger partial charge in [0.1, 0.15) is 0 Å². The maximum absolute atomic E-state index is 11.8. The third kappa shape index (κ3) is 5.32. The van der Waals surface area contributed by atoms with Gasteiger partial charge in [-0.15, -0.1) is 0 Å². The number of carbonyl (C=O) groups excluding carboxylic acids is 1. The average Bonchev–Trinajstić information content (AvgIpc) is 2.23. The first-order valence-corrected chi connectivity index (χ1v) is 8.46. The fourth-order valence-electron chi connectivity index (χ4n) is 1.80. The molecule has 6 heteroatoms.